The zero-order valence-electron chi connectivity index (χ0n) is 31.6. The van der Waals surface area contributed by atoms with E-state index < -0.39 is 0 Å². The molecule has 2 amide bonds. The van der Waals surface area contributed by atoms with E-state index in [9.17, 15) is 19.2 Å². The van der Waals surface area contributed by atoms with Gasteiger partial charge in [0, 0.05) is 50.1 Å². The number of para-hydroxylation sites is 2. The second kappa shape index (κ2) is 19.4. The largest absolute Gasteiger partial charge is 0.335 e. The Hall–Kier alpha value is -6.04. The molecule has 2 N–H and O–H groups in total. The fourth-order valence-electron chi connectivity index (χ4n) is 5.76. The van der Waals surface area contributed by atoms with Crippen molar-refractivity contribution >= 4 is 99.3 Å². The first-order valence-corrected chi connectivity index (χ1v) is 20.2. The molecule has 0 aliphatic carbocycles. The summed E-state index contributed by atoms with van der Waals surface area (Å²) in [6.07, 6.45) is 7.83. The molecule has 0 radical (unpaired) electrons. The molecule has 14 nitrogen and oxygen atoms in total. The van der Waals surface area contributed by atoms with Crippen LogP contribution in [-0.4, -0.2) is 74.7 Å². The number of fused-ring (bicyclic) bond motifs is 4. The maximum absolute atomic E-state index is 12.5. The maximum atomic E-state index is 12.5. The minimum Gasteiger partial charge on any atom is -0.335 e. The molecule has 300 valence electrons. The van der Waals surface area contributed by atoms with Gasteiger partial charge in [0.15, 0.2) is 11.3 Å². The zero-order chi connectivity index (χ0) is 40.6. The van der Waals surface area contributed by atoms with Gasteiger partial charge in [-0.15, -0.1) is 22.7 Å². The number of pyridine rings is 2. The highest BCUT2D eigenvalue weighted by Gasteiger charge is 2.12. The average Bonchev–Trinajstić information content (AvgIpc) is 3.97. The van der Waals surface area contributed by atoms with Gasteiger partial charge in [-0.1, -0.05) is 38.3 Å². The lowest BCUT2D eigenvalue weighted by atomic mass is 10.2. The van der Waals surface area contributed by atoms with Crippen molar-refractivity contribution in [1.82, 2.24) is 48.8 Å². The first kappa shape index (κ1) is 43.1. The van der Waals surface area contributed by atoms with Crippen LogP contribution in [0.3, 0.4) is 0 Å². The third-order valence-electron chi connectivity index (χ3n) is 8.64. The molecule has 0 aliphatic heterocycles. The number of rotatable bonds is 9. The van der Waals surface area contributed by atoms with E-state index in [0.717, 1.165) is 51.5 Å². The summed E-state index contributed by atoms with van der Waals surface area (Å²) in [5.74, 6) is -0.208. The number of benzene rings is 2. The van der Waals surface area contributed by atoms with Gasteiger partial charge in [-0.3, -0.25) is 28.7 Å². The number of aromatic amines is 2. The van der Waals surface area contributed by atoms with Crippen molar-refractivity contribution in [1.29, 1.82) is 0 Å². The number of carbonyl (C=O) groups excluding carboxylic acids is 2. The predicted octanol–water partition coefficient (Wildman–Crippen LogP) is 7.61. The predicted molar refractivity (Wildman–Crippen MR) is 238 cm³/mol. The Morgan fingerprint density at radius 2 is 1.26 bits per heavy atom. The van der Waals surface area contributed by atoms with Crippen molar-refractivity contribution < 1.29 is 9.59 Å². The molecule has 0 saturated heterocycles. The third kappa shape index (κ3) is 10.1. The number of hydrogen-bond donors (Lipinski definition) is 2. The summed E-state index contributed by atoms with van der Waals surface area (Å²) in [5, 5.41) is 1.84. The molecule has 0 bridgehead atoms. The lowest BCUT2D eigenvalue weighted by molar-refractivity contribution is -0.126. The second-order valence-corrected chi connectivity index (χ2v) is 15.7. The van der Waals surface area contributed by atoms with Crippen molar-refractivity contribution in [2.45, 2.75) is 47.5 Å². The van der Waals surface area contributed by atoms with Gasteiger partial charge in [0.1, 0.15) is 10.0 Å². The number of hydrogen-bond acceptors (Lipinski definition) is 10. The van der Waals surface area contributed by atoms with Gasteiger partial charge in [0.05, 0.1) is 44.6 Å². The highest BCUT2D eigenvalue weighted by molar-refractivity contribution is 9.10. The topological polar surface area (TPSA) is 168 Å². The molecule has 6 heterocycles. The first-order chi connectivity index (χ1) is 27.5. The van der Waals surface area contributed by atoms with Gasteiger partial charge < -0.3 is 9.80 Å². The van der Waals surface area contributed by atoms with Crippen molar-refractivity contribution in [3.63, 3.8) is 0 Å². The minimum atomic E-state index is -0.183. The lowest BCUT2D eigenvalue weighted by Crippen LogP contribution is -2.23. The summed E-state index contributed by atoms with van der Waals surface area (Å²) < 4.78 is 6.40. The monoisotopic (exact) mass is 882 g/mol. The van der Waals surface area contributed by atoms with Crippen LogP contribution in [0.2, 0.25) is 0 Å². The van der Waals surface area contributed by atoms with E-state index >= 15 is 0 Å². The number of nitrogens with one attached hydrogen (secondary N) is 2. The normalized spacial score (nSPS) is 10.9. The quantitative estimate of drug-likeness (QED) is 0.140. The van der Waals surface area contributed by atoms with Gasteiger partial charge in [-0.05, 0) is 83.9 Å². The van der Waals surface area contributed by atoms with Crippen LogP contribution in [-0.2, 0) is 35.8 Å². The second-order valence-electron chi connectivity index (χ2n) is 12.6. The molecule has 17 heteroatoms. The number of carbonyl (C=O) groups is 2. The fraction of sp³-hybridized carbons (Fsp3) is 0.220. The Balaban J connectivity index is 0.000000181. The molecule has 8 aromatic rings. The Labute approximate surface area is 350 Å². The summed E-state index contributed by atoms with van der Waals surface area (Å²) in [6, 6.07) is 19.6. The number of likely N-dealkylation sites (N-methyl/N-ethyl adjacent to an activating group) is 2. The number of amides is 2. The van der Waals surface area contributed by atoms with Crippen molar-refractivity contribution in [3.8, 4) is 0 Å². The molecular weight excluding hydrogens is 841 g/mol. The Kier molecular flexibility index (Phi) is 14.4. The number of imidazole rings is 2. The van der Waals surface area contributed by atoms with Crippen LogP contribution in [0.1, 0.15) is 36.9 Å². The van der Waals surface area contributed by atoms with E-state index in [0.29, 0.717) is 37.5 Å². The fourth-order valence-corrected chi connectivity index (χ4v) is 8.13. The molecule has 0 atom stereocenters. The summed E-state index contributed by atoms with van der Waals surface area (Å²) >= 11 is 6.52. The van der Waals surface area contributed by atoms with E-state index in [-0.39, 0.29) is 30.6 Å². The van der Waals surface area contributed by atoms with Gasteiger partial charge >= 0.3 is 11.4 Å². The van der Waals surface area contributed by atoms with E-state index in [1.807, 2.05) is 74.5 Å². The minimum absolute atomic E-state index is 0. The average molecular weight is 884 g/mol. The number of aromatic nitrogens is 8. The SMILES string of the molecule is C.C=CC(=O)N(C)Cc1nc2ccccc2s1.CCn1c(=O)[nH]c2ncc(/C=C/C(=O)N(C)Cc3nc4ccccc4s3)cc21.CCn1c(=O)[nH]c2ncc(Br)cc21. The first-order valence-electron chi connectivity index (χ1n) is 17.8. The molecule has 58 heavy (non-hydrogen) atoms. The summed E-state index contributed by atoms with van der Waals surface area (Å²) in [4.78, 5) is 73.0. The van der Waals surface area contributed by atoms with E-state index in [2.05, 4.69) is 52.4 Å². The molecular formula is C41H43BrN10O4S2. The highest BCUT2D eigenvalue weighted by Crippen LogP contribution is 2.24. The van der Waals surface area contributed by atoms with Gasteiger partial charge in [-0.2, -0.15) is 0 Å². The van der Waals surface area contributed by atoms with Gasteiger partial charge in [0.2, 0.25) is 11.8 Å². The van der Waals surface area contributed by atoms with Crippen LogP contribution >= 0.6 is 38.6 Å². The van der Waals surface area contributed by atoms with Crippen molar-refractivity contribution in [2.75, 3.05) is 14.1 Å². The molecule has 8 rings (SSSR count). The van der Waals surface area contributed by atoms with Crippen molar-refractivity contribution in [3.05, 3.63) is 133 Å². The van der Waals surface area contributed by atoms with Gasteiger partial charge in [0.25, 0.3) is 0 Å². The number of aryl methyl sites for hydroxylation is 2. The molecule has 0 spiro atoms. The van der Waals surface area contributed by atoms with E-state index in [1.54, 1.807) is 74.2 Å². The molecule has 0 unspecified atom stereocenters. The van der Waals surface area contributed by atoms with Crippen LogP contribution in [0.5, 0.6) is 0 Å². The third-order valence-corrected chi connectivity index (χ3v) is 11.1. The van der Waals surface area contributed by atoms with Crippen LogP contribution in [0.4, 0.5) is 0 Å². The number of halogens is 1. The van der Waals surface area contributed by atoms with Crippen LogP contribution in [0.25, 0.3) is 48.8 Å². The number of thiazole rings is 2. The van der Waals surface area contributed by atoms with E-state index in [4.69, 9.17) is 0 Å². The van der Waals surface area contributed by atoms with E-state index in [1.165, 1.54) is 12.2 Å². The Morgan fingerprint density at radius 1 is 0.776 bits per heavy atom. The molecule has 2 aromatic carbocycles. The smallest absolute Gasteiger partial charge is 0.327 e. The van der Waals surface area contributed by atoms with Gasteiger partial charge in [-0.25, -0.2) is 29.5 Å². The maximum Gasteiger partial charge on any atom is 0.327 e. The zero-order valence-corrected chi connectivity index (χ0v) is 34.8. The number of nitrogens with zero attached hydrogens (tertiary/aromatic N) is 8. The van der Waals surface area contributed by atoms with Crippen LogP contribution < -0.4 is 11.4 Å². The molecule has 0 aliphatic rings. The summed E-state index contributed by atoms with van der Waals surface area (Å²) in [6.45, 7) is 9.47. The lowest BCUT2D eigenvalue weighted by Gasteiger charge is -2.12. The highest BCUT2D eigenvalue weighted by atomic mass is 79.9. The molecule has 0 saturated carbocycles. The number of H-pyrrole nitrogens is 2. The van der Waals surface area contributed by atoms with Crippen molar-refractivity contribution in [2.24, 2.45) is 0 Å². The molecule has 6 aromatic heterocycles. The molecule has 0 fully saturated rings. The Morgan fingerprint density at radius 3 is 1.76 bits per heavy atom. The van der Waals surface area contributed by atoms with Crippen LogP contribution in [0.15, 0.2) is 106 Å². The standard InChI is InChI=1S/C20H19N5O2S.C12H12N2OS.C8H8BrN3O.CH4/c1-3-25-15-10-13(11-21-19(15)23-20(25)27)8-9-18(26)24(2)12-17-22-14-6-4-5-7-16(14)28-17;1-3-12(15)14(2)8-11-13-9-6-4-5-7-10(9)16-11;1-2-12-6-3-5(9)4-10-7(6)11-8(12)13;/h4-11H,3,12H2,1-2H3,(H,21,23,27);3-7H,1,8H2,2H3;3-4H,2H2,1H3,(H,10,11,13);1H4/b9-8+;;;. The summed E-state index contributed by atoms with van der Waals surface area (Å²) in [7, 11) is 3.50. The van der Waals surface area contributed by atoms with Crippen LogP contribution in [0, 0.1) is 0 Å². The summed E-state index contributed by atoms with van der Waals surface area (Å²) in [5.41, 5.74) is 5.15. The Bertz CT molecular complexity index is 2800.